The molecule has 2 aromatic carbocycles. The number of hydrogen-bond acceptors (Lipinski definition) is 7. The van der Waals surface area contributed by atoms with E-state index >= 15 is 0 Å². The van der Waals surface area contributed by atoms with E-state index in [1.807, 2.05) is 0 Å². The lowest BCUT2D eigenvalue weighted by Gasteiger charge is -2.31. The number of hydrogen-bond donors (Lipinski definition) is 0. The van der Waals surface area contributed by atoms with Gasteiger partial charge in [0.05, 0.1) is 15.4 Å². The van der Waals surface area contributed by atoms with Crippen LogP contribution in [-0.4, -0.2) is 66.4 Å². The van der Waals surface area contributed by atoms with Crippen molar-refractivity contribution in [3.8, 4) is 0 Å². The Hall–Kier alpha value is -3.64. The number of amides is 3. The summed E-state index contributed by atoms with van der Waals surface area (Å²) < 4.78 is 27.3. The monoisotopic (exact) mass is 498 g/mol. The van der Waals surface area contributed by atoms with Crippen molar-refractivity contribution in [2.45, 2.75) is 30.6 Å². The van der Waals surface area contributed by atoms with E-state index in [4.69, 9.17) is 0 Å². The highest BCUT2D eigenvalue weighted by molar-refractivity contribution is 7.89. The van der Waals surface area contributed by atoms with Crippen LogP contribution in [0.5, 0.6) is 0 Å². The first-order chi connectivity index (χ1) is 16.7. The molecule has 1 saturated heterocycles. The van der Waals surface area contributed by atoms with Gasteiger partial charge in [0.2, 0.25) is 15.9 Å². The zero-order valence-corrected chi connectivity index (χ0v) is 19.5. The number of carbonyl (C=O) groups excluding carboxylic acids is 3. The van der Waals surface area contributed by atoms with Crippen molar-refractivity contribution in [3.05, 3.63) is 63.2 Å². The minimum atomic E-state index is -3.61. The quantitative estimate of drug-likeness (QED) is 0.349. The Morgan fingerprint density at radius 3 is 2.46 bits per heavy atom. The van der Waals surface area contributed by atoms with Crippen LogP contribution in [0.15, 0.2) is 41.3 Å². The van der Waals surface area contributed by atoms with E-state index in [2.05, 4.69) is 0 Å². The molecule has 3 heterocycles. The van der Waals surface area contributed by atoms with Crippen LogP contribution in [0.3, 0.4) is 0 Å². The summed E-state index contributed by atoms with van der Waals surface area (Å²) in [6, 6.07) is 8.44. The summed E-state index contributed by atoms with van der Waals surface area (Å²) in [5, 5.41) is 11.3. The normalized spacial score (nSPS) is 18.1. The van der Waals surface area contributed by atoms with Crippen molar-refractivity contribution in [1.29, 1.82) is 0 Å². The van der Waals surface area contributed by atoms with Gasteiger partial charge in [0.15, 0.2) is 0 Å². The molecular formula is C23H22N4O7S. The number of sulfonamides is 1. The molecule has 2 aromatic rings. The molecule has 0 aliphatic carbocycles. The molecule has 0 saturated carbocycles. The summed E-state index contributed by atoms with van der Waals surface area (Å²) in [5.74, 6) is -2.17. The molecule has 5 rings (SSSR count). The maximum atomic E-state index is 13.2. The summed E-state index contributed by atoms with van der Waals surface area (Å²) in [6.45, 7) is 0.745. The van der Waals surface area contributed by atoms with Crippen molar-refractivity contribution in [3.63, 3.8) is 0 Å². The molecule has 35 heavy (non-hydrogen) atoms. The average Bonchev–Trinajstić information content (AvgIpc) is 3.48. The van der Waals surface area contributed by atoms with E-state index in [0.29, 0.717) is 43.7 Å². The molecule has 3 aliphatic heterocycles. The van der Waals surface area contributed by atoms with E-state index in [9.17, 15) is 32.9 Å². The first-order valence-corrected chi connectivity index (χ1v) is 12.7. The Labute approximate surface area is 201 Å². The third-order valence-electron chi connectivity index (χ3n) is 6.64. The minimum absolute atomic E-state index is 0.104. The van der Waals surface area contributed by atoms with Crippen LogP contribution in [0.2, 0.25) is 0 Å². The van der Waals surface area contributed by atoms with Crippen LogP contribution >= 0.6 is 0 Å². The maximum absolute atomic E-state index is 13.2. The van der Waals surface area contributed by atoms with Crippen LogP contribution in [0.1, 0.15) is 45.5 Å². The largest absolute Gasteiger partial charge is 0.311 e. The van der Waals surface area contributed by atoms with Gasteiger partial charge in [-0.05, 0) is 55.5 Å². The molecule has 0 spiro atoms. The molecule has 0 aromatic heterocycles. The molecule has 0 radical (unpaired) electrons. The molecule has 3 amide bonds. The second-order valence-corrected chi connectivity index (χ2v) is 10.6. The molecule has 0 bridgehead atoms. The number of rotatable bonds is 5. The lowest BCUT2D eigenvalue weighted by Crippen LogP contribution is -2.44. The van der Waals surface area contributed by atoms with Crippen LogP contribution in [0.4, 0.5) is 11.4 Å². The lowest BCUT2D eigenvalue weighted by molar-refractivity contribution is -0.385. The van der Waals surface area contributed by atoms with Gasteiger partial charge in [-0.25, -0.2) is 8.42 Å². The van der Waals surface area contributed by atoms with Crippen molar-refractivity contribution >= 4 is 39.1 Å². The maximum Gasteiger partial charge on any atom is 0.282 e. The van der Waals surface area contributed by atoms with Gasteiger partial charge in [-0.3, -0.25) is 29.4 Å². The minimum Gasteiger partial charge on any atom is -0.311 e. The average molecular weight is 499 g/mol. The first kappa shape index (κ1) is 23.1. The van der Waals surface area contributed by atoms with Gasteiger partial charge >= 0.3 is 0 Å². The summed E-state index contributed by atoms with van der Waals surface area (Å²) in [4.78, 5) is 51.7. The molecule has 1 fully saturated rings. The van der Waals surface area contributed by atoms with Crippen molar-refractivity contribution in [2.24, 2.45) is 0 Å². The highest BCUT2D eigenvalue weighted by Crippen LogP contribution is 2.33. The Balaban J connectivity index is 1.39. The van der Waals surface area contributed by atoms with E-state index in [1.54, 1.807) is 12.1 Å². The van der Waals surface area contributed by atoms with Crippen LogP contribution in [0.25, 0.3) is 0 Å². The number of anilines is 1. The van der Waals surface area contributed by atoms with E-state index in [1.165, 1.54) is 27.4 Å². The number of nitro groups is 1. The number of carbonyl (C=O) groups is 3. The Morgan fingerprint density at radius 1 is 1.00 bits per heavy atom. The summed E-state index contributed by atoms with van der Waals surface area (Å²) in [6.07, 6.45) is 2.82. The highest BCUT2D eigenvalue weighted by Gasteiger charge is 2.42. The fraction of sp³-hybridized carbons (Fsp3) is 0.348. The second-order valence-electron chi connectivity index (χ2n) is 8.70. The molecular weight excluding hydrogens is 476 g/mol. The fourth-order valence-corrected chi connectivity index (χ4v) is 6.47. The summed E-state index contributed by atoms with van der Waals surface area (Å²) >= 11 is 0. The Kier molecular flexibility index (Phi) is 5.64. The van der Waals surface area contributed by atoms with Gasteiger partial charge in [-0.1, -0.05) is 6.07 Å². The number of imide groups is 1. The molecule has 12 heteroatoms. The van der Waals surface area contributed by atoms with E-state index in [-0.39, 0.29) is 16.0 Å². The van der Waals surface area contributed by atoms with E-state index < -0.39 is 44.9 Å². The van der Waals surface area contributed by atoms with Gasteiger partial charge in [-0.2, -0.15) is 4.31 Å². The van der Waals surface area contributed by atoms with Gasteiger partial charge in [0.25, 0.3) is 17.5 Å². The first-order valence-electron chi connectivity index (χ1n) is 11.3. The van der Waals surface area contributed by atoms with Crippen LogP contribution in [0, 0.1) is 10.1 Å². The SMILES string of the molecule is O=C1c2cccc([N+](=O)[O-])c2C(=O)N1CC(=O)N1CCCc2cc(S(=O)(=O)N3CCCC3)ccc21. The molecule has 0 N–H and O–H groups in total. The Bertz CT molecular complexity index is 1380. The summed E-state index contributed by atoms with van der Waals surface area (Å²) in [5.41, 5.74) is 0.330. The number of nitro benzene ring substituents is 1. The third kappa shape index (κ3) is 3.78. The zero-order valence-electron chi connectivity index (χ0n) is 18.7. The van der Waals surface area contributed by atoms with Gasteiger partial charge in [0, 0.05) is 31.4 Å². The summed E-state index contributed by atoms with van der Waals surface area (Å²) in [7, 11) is -3.61. The molecule has 0 atom stereocenters. The zero-order chi connectivity index (χ0) is 24.9. The van der Waals surface area contributed by atoms with Crippen molar-refractivity contribution in [1.82, 2.24) is 9.21 Å². The smallest absolute Gasteiger partial charge is 0.282 e. The van der Waals surface area contributed by atoms with Crippen molar-refractivity contribution < 1.29 is 27.7 Å². The Morgan fingerprint density at radius 2 is 1.74 bits per heavy atom. The van der Waals surface area contributed by atoms with Crippen LogP contribution in [-0.2, 0) is 21.2 Å². The van der Waals surface area contributed by atoms with Crippen molar-refractivity contribution in [2.75, 3.05) is 31.1 Å². The number of benzene rings is 2. The van der Waals surface area contributed by atoms with Crippen LogP contribution < -0.4 is 4.90 Å². The molecule has 3 aliphatic rings. The predicted molar refractivity (Wildman–Crippen MR) is 124 cm³/mol. The topological polar surface area (TPSA) is 138 Å². The van der Waals surface area contributed by atoms with Gasteiger partial charge < -0.3 is 4.90 Å². The third-order valence-corrected chi connectivity index (χ3v) is 8.54. The standard InChI is InChI=1S/C23H22N4O7S/c28-20(14-26-22(29)17-6-3-7-19(27(31)32)21(17)23(26)30)25-12-4-5-15-13-16(8-9-18(15)25)35(33,34)24-10-1-2-11-24/h3,6-9,13H,1-2,4-5,10-12,14H2. The van der Waals surface area contributed by atoms with Gasteiger partial charge in [-0.15, -0.1) is 0 Å². The number of aryl methyl sites for hydroxylation is 1. The number of fused-ring (bicyclic) bond motifs is 2. The highest BCUT2D eigenvalue weighted by atomic mass is 32.2. The molecule has 0 unspecified atom stereocenters. The van der Waals surface area contributed by atoms with E-state index in [0.717, 1.165) is 23.8 Å². The fourth-order valence-electron chi connectivity index (χ4n) is 4.90. The predicted octanol–water partition coefficient (Wildman–Crippen LogP) is 1.95. The number of nitrogens with zero attached hydrogens (tertiary/aromatic N) is 4. The van der Waals surface area contributed by atoms with Gasteiger partial charge in [0.1, 0.15) is 12.1 Å². The molecule has 182 valence electrons. The molecule has 11 nitrogen and oxygen atoms in total. The lowest BCUT2D eigenvalue weighted by atomic mass is 10.0. The second kappa shape index (κ2) is 8.54.